The molecule has 0 aromatic heterocycles. The molecule has 13 rings (SSSR count). The molecule has 5 aliphatic rings. The van der Waals surface area contributed by atoms with Crippen LogP contribution in [-0.2, 0) is 16.2 Å². The van der Waals surface area contributed by atoms with Gasteiger partial charge in [-0.05, 0) is 128 Å². The topological polar surface area (TPSA) is 3.24 Å². The van der Waals surface area contributed by atoms with Crippen LogP contribution in [0.2, 0.25) is 0 Å². The number of fused-ring (bicyclic) bond motifs is 15. The van der Waals surface area contributed by atoms with Crippen LogP contribution in [0.4, 0.5) is 17.1 Å². The van der Waals surface area contributed by atoms with Crippen molar-refractivity contribution in [2.24, 2.45) is 0 Å². The second-order valence-electron chi connectivity index (χ2n) is 18.9. The molecule has 0 unspecified atom stereocenters. The number of benzene rings is 8. The molecule has 2 heterocycles. The van der Waals surface area contributed by atoms with E-state index in [1.54, 1.807) is 0 Å². The highest BCUT2D eigenvalue weighted by Gasteiger charge is 2.42. The van der Waals surface area contributed by atoms with Gasteiger partial charge in [-0.2, -0.15) is 0 Å². The molecule has 0 bridgehead atoms. The molecule has 1 nitrogen and oxygen atoms in total. The minimum absolute atomic E-state index is 0.114. The third-order valence-electron chi connectivity index (χ3n) is 14.4. The number of hydrogen-bond donors (Lipinski definition) is 0. The first-order valence-electron chi connectivity index (χ1n) is 21.6. The van der Waals surface area contributed by atoms with Gasteiger partial charge in [-0.25, -0.2) is 0 Å². The molecular formula is C57H43NS4. The Morgan fingerprint density at radius 3 is 1.16 bits per heavy atom. The Balaban J connectivity index is 0.986. The van der Waals surface area contributed by atoms with E-state index >= 15 is 0 Å². The minimum atomic E-state index is -0.167. The Bertz CT molecular complexity index is 3130. The van der Waals surface area contributed by atoms with E-state index in [1.165, 1.54) is 123 Å². The Morgan fingerprint density at radius 2 is 0.677 bits per heavy atom. The van der Waals surface area contributed by atoms with Gasteiger partial charge in [-0.1, -0.05) is 167 Å². The highest BCUT2D eigenvalue weighted by molar-refractivity contribution is 8.05. The summed E-state index contributed by atoms with van der Waals surface area (Å²) in [5.74, 6) is 0. The van der Waals surface area contributed by atoms with Crippen molar-refractivity contribution in [1.82, 2.24) is 0 Å². The molecule has 0 saturated heterocycles. The summed E-state index contributed by atoms with van der Waals surface area (Å²) in [6.07, 6.45) is 0. The highest BCUT2D eigenvalue weighted by atomic mass is 32.2. The first-order chi connectivity index (χ1) is 30.0. The molecule has 3 aliphatic carbocycles. The van der Waals surface area contributed by atoms with Gasteiger partial charge in [0.25, 0.3) is 0 Å². The maximum atomic E-state index is 2.55. The van der Waals surface area contributed by atoms with Crippen LogP contribution in [0.15, 0.2) is 191 Å². The lowest BCUT2D eigenvalue weighted by molar-refractivity contribution is 0.658. The van der Waals surface area contributed by atoms with E-state index in [-0.39, 0.29) is 16.2 Å². The number of hydrogen-bond acceptors (Lipinski definition) is 5. The van der Waals surface area contributed by atoms with Gasteiger partial charge in [0.2, 0.25) is 0 Å². The third-order valence-corrected chi connectivity index (χ3v) is 19.6. The second kappa shape index (κ2) is 13.0. The quantitative estimate of drug-likeness (QED) is 0.173. The molecule has 0 saturated carbocycles. The van der Waals surface area contributed by atoms with E-state index in [0.717, 1.165) is 0 Å². The average molecular weight is 870 g/mol. The summed E-state index contributed by atoms with van der Waals surface area (Å²) in [6, 6.07) is 58.1. The fourth-order valence-corrected chi connectivity index (χ4v) is 16.0. The molecule has 8 aromatic carbocycles. The van der Waals surface area contributed by atoms with Crippen molar-refractivity contribution in [1.29, 1.82) is 0 Å². The average Bonchev–Trinajstić information content (AvgIpc) is 3.77. The maximum absolute atomic E-state index is 2.55. The second-order valence-corrected chi connectivity index (χ2v) is 23.2. The maximum Gasteiger partial charge on any atom is 0.0465 e. The first kappa shape index (κ1) is 37.5. The molecule has 300 valence electrons. The lowest BCUT2D eigenvalue weighted by Gasteiger charge is -2.31. The molecular weight excluding hydrogens is 827 g/mol. The summed E-state index contributed by atoms with van der Waals surface area (Å²) in [4.78, 5) is 13.4. The van der Waals surface area contributed by atoms with Crippen LogP contribution in [0.5, 0.6) is 0 Å². The van der Waals surface area contributed by atoms with Gasteiger partial charge in [0.15, 0.2) is 0 Å². The lowest BCUT2D eigenvalue weighted by atomic mass is 9.81. The van der Waals surface area contributed by atoms with E-state index in [2.05, 4.69) is 198 Å². The summed E-state index contributed by atoms with van der Waals surface area (Å²) in [5, 5.41) is 0. The minimum Gasteiger partial charge on any atom is -0.310 e. The first-order valence-corrected chi connectivity index (χ1v) is 24.8. The van der Waals surface area contributed by atoms with E-state index in [1.807, 2.05) is 47.0 Å². The summed E-state index contributed by atoms with van der Waals surface area (Å²) in [7, 11) is 0. The van der Waals surface area contributed by atoms with Crippen LogP contribution >= 0.6 is 47.0 Å². The van der Waals surface area contributed by atoms with E-state index in [9.17, 15) is 0 Å². The van der Waals surface area contributed by atoms with Crippen molar-refractivity contribution in [2.45, 2.75) is 97.0 Å². The van der Waals surface area contributed by atoms with Crippen molar-refractivity contribution in [3.8, 4) is 33.4 Å². The smallest absolute Gasteiger partial charge is 0.0465 e. The van der Waals surface area contributed by atoms with Crippen LogP contribution in [0.3, 0.4) is 0 Å². The van der Waals surface area contributed by atoms with Crippen molar-refractivity contribution in [3.05, 3.63) is 185 Å². The van der Waals surface area contributed by atoms with Crippen molar-refractivity contribution in [3.63, 3.8) is 0 Å². The predicted molar refractivity (Wildman–Crippen MR) is 263 cm³/mol. The Hall–Kier alpha value is -5.04. The van der Waals surface area contributed by atoms with Crippen molar-refractivity contribution in [2.75, 3.05) is 4.90 Å². The van der Waals surface area contributed by atoms with Crippen LogP contribution in [-0.4, -0.2) is 0 Å². The zero-order valence-electron chi connectivity index (χ0n) is 35.5. The number of nitrogens with zero attached hydrogens (tertiary/aromatic N) is 1. The summed E-state index contributed by atoms with van der Waals surface area (Å²) < 4.78 is 0. The Labute approximate surface area is 381 Å². The monoisotopic (exact) mass is 869 g/mol. The SMILES string of the molecule is CC1(C)c2ccccc2-c2ccc(N(c3ccc4c(c3)C(C)(C)c3ccc5c(c3-4)Sc3ccccc3S5)c3ccc4c(c3)C(C)(C)c3ccc5c(c3-4)Sc3ccccc3S5)cc21. The third kappa shape index (κ3) is 5.11. The molecule has 2 aliphatic heterocycles. The molecule has 0 N–H and O–H groups in total. The summed E-state index contributed by atoms with van der Waals surface area (Å²) in [5.41, 5.74) is 19.7. The molecule has 0 radical (unpaired) electrons. The number of rotatable bonds is 3. The largest absolute Gasteiger partial charge is 0.310 e. The van der Waals surface area contributed by atoms with Crippen LogP contribution in [0, 0.1) is 0 Å². The van der Waals surface area contributed by atoms with Crippen molar-refractivity contribution >= 4 is 64.1 Å². The number of anilines is 3. The van der Waals surface area contributed by atoms with Gasteiger partial charge in [-0.15, -0.1) is 0 Å². The van der Waals surface area contributed by atoms with Gasteiger partial charge < -0.3 is 4.90 Å². The van der Waals surface area contributed by atoms with E-state index in [4.69, 9.17) is 0 Å². The summed E-state index contributed by atoms with van der Waals surface area (Å²) >= 11 is 7.70. The summed E-state index contributed by atoms with van der Waals surface area (Å²) in [6.45, 7) is 14.5. The highest BCUT2D eigenvalue weighted by Crippen LogP contribution is 2.62. The molecule has 0 fully saturated rings. The predicted octanol–water partition coefficient (Wildman–Crippen LogP) is 17.3. The van der Waals surface area contributed by atoms with Crippen LogP contribution < -0.4 is 4.90 Å². The van der Waals surface area contributed by atoms with E-state index in [0.29, 0.717) is 0 Å². The van der Waals surface area contributed by atoms with E-state index < -0.39 is 0 Å². The molecule has 62 heavy (non-hydrogen) atoms. The van der Waals surface area contributed by atoms with Gasteiger partial charge in [-0.3, -0.25) is 0 Å². The molecule has 0 atom stereocenters. The lowest BCUT2D eigenvalue weighted by Crippen LogP contribution is -2.19. The van der Waals surface area contributed by atoms with Gasteiger partial charge in [0.05, 0.1) is 0 Å². The fraction of sp³-hybridized carbons (Fsp3) is 0.158. The zero-order chi connectivity index (χ0) is 41.9. The van der Waals surface area contributed by atoms with Crippen LogP contribution in [0.1, 0.15) is 74.9 Å². The standard InChI is InChI=1S/C57H43NS4/c1-55(2)39-14-8-7-13-35(39)36-22-19-32(29-42(36)55)58(33-20-23-37-43(30-33)56(3,4)40-25-27-49-53(51(37)40)61-47-17-11-9-15-45(47)59-49)34-21-24-38-44(31-34)57(5,6)41-26-28-50-54(52(38)41)62-48-18-12-10-16-46(48)60-50/h7-31H,1-6H3. The van der Waals surface area contributed by atoms with Crippen molar-refractivity contribution < 1.29 is 0 Å². The normalized spacial score (nSPS) is 16.7. The Morgan fingerprint density at radius 1 is 0.306 bits per heavy atom. The molecule has 5 heteroatoms. The van der Waals surface area contributed by atoms with Gasteiger partial charge >= 0.3 is 0 Å². The fourth-order valence-electron chi connectivity index (χ4n) is 11.1. The Kier molecular flexibility index (Phi) is 7.87. The molecule has 0 amide bonds. The molecule has 0 spiro atoms. The van der Waals surface area contributed by atoms with Gasteiger partial charge in [0.1, 0.15) is 0 Å². The van der Waals surface area contributed by atoms with Gasteiger partial charge in [0, 0.05) is 83.6 Å². The molecule has 8 aromatic rings. The zero-order valence-corrected chi connectivity index (χ0v) is 38.8. The van der Waals surface area contributed by atoms with Crippen LogP contribution in [0.25, 0.3) is 33.4 Å².